The first-order valence-corrected chi connectivity index (χ1v) is 11.3. The Bertz CT molecular complexity index is 1360. The number of nitro groups is 1. The Morgan fingerprint density at radius 3 is 2.03 bits per heavy atom. The Morgan fingerprint density at radius 2 is 1.45 bits per heavy atom. The van der Waals surface area contributed by atoms with Crippen molar-refractivity contribution in [1.29, 1.82) is 0 Å². The summed E-state index contributed by atoms with van der Waals surface area (Å²) < 4.78 is 26.5. The summed E-state index contributed by atoms with van der Waals surface area (Å²) in [7, 11) is 7.50. The fourth-order valence-corrected chi connectivity index (χ4v) is 3.60. The number of rotatable bonds is 11. The minimum absolute atomic E-state index is 0.136. The maximum absolute atomic E-state index is 12.7. The average molecular weight is 521 g/mol. The minimum Gasteiger partial charge on any atom is -0.497 e. The summed E-state index contributed by atoms with van der Waals surface area (Å²) in [5, 5.41) is 14.1. The molecule has 0 aliphatic rings. The van der Waals surface area contributed by atoms with Crippen LogP contribution in [0.15, 0.2) is 54.6 Å². The third-order valence-electron chi connectivity index (χ3n) is 5.49. The Kier molecular flexibility index (Phi) is 9.31. The first-order chi connectivity index (χ1) is 18.3. The summed E-state index contributed by atoms with van der Waals surface area (Å²) in [6.45, 7) is 0. The quantitative estimate of drug-likeness (QED) is 0.153. The molecule has 10 nitrogen and oxygen atoms in total. The lowest BCUT2D eigenvalue weighted by atomic mass is 10.1. The molecule has 0 spiro atoms. The van der Waals surface area contributed by atoms with Crippen molar-refractivity contribution in [2.45, 2.75) is 0 Å². The summed E-state index contributed by atoms with van der Waals surface area (Å²) in [5.74, 6) is 1.77. The molecule has 0 radical (unpaired) electrons. The van der Waals surface area contributed by atoms with Gasteiger partial charge in [-0.15, -0.1) is 0 Å². The van der Waals surface area contributed by atoms with Gasteiger partial charge in [-0.25, -0.2) is 0 Å². The number of hydrogen-bond donors (Lipinski definition) is 1. The molecule has 0 fully saturated rings. The largest absolute Gasteiger partial charge is 0.497 e. The molecule has 38 heavy (non-hydrogen) atoms. The van der Waals surface area contributed by atoms with Crippen molar-refractivity contribution in [3.63, 3.8) is 0 Å². The van der Waals surface area contributed by atoms with Gasteiger partial charge >= 0.3 is 5.69 Å². The molecule has 0 aliphatic heterocycles. The van der Waals surface area contributed by atoms with Crippen LogP contribution in [-0.2, 0) is 4.79 Å². The molecule has 0 atom stereocenters. The smallest absolute Gasteiger partial charge is 0.311 e. The second-order valence-corrected chi connectivity index (χ2v) is 7.76. The van der Waals surface area contributed by atoms with Gasteiger partial charge in [0.15, 0.2) is 17.2 Å². The topological polar surface area (TPSA) is 118 Å². The SMILES string of the molecule is COc1ccc(/C=C/c2cc(OC)c(OC)c(OC)c2)c(NC(=O)/C=C/c2ccc(OC)c([N+](=O)[O-])c2)c1. The molecule has 3 aromatic carbocycles. The summed E-state index contributed by atoms with van der Waals surface area (Å²) in [4.78, 5) is 23.4. The van der Waals surface area contributed by atoms with Crippen molar-refractivity contribution in [1.82, 2.24) is 0 Å². The molecular weight excluding hydrogens is 492 g/mol. The van der Waals surface area contributed by atoms with Crippen molar-refractivity contribution >= 4 is 35.5 Å². The van der Waals surface area contributed by atoms with Gasteiger partial charge in [0.05, 0.1) is 46.2 Å². The number of benzene rings is 3. The number of ether oxygens (including phenoxy) is 5. The van der Waals surface area contributed by atoms with Crippen molar-refractivity contribution in [3.8, 4) is 28.7 Å². The van der Waals surface area contributed by atoms with E-state index in [1.165, 1.54) is 45.6 Å². The van der Waals surface area contributed by atoms with E-state index >= 15 is 0 Å². The molecule has 0 unspecified atom stereocenters. The Balaban J connectivity index is 1.87. The number of amides is 1. The molecule has 1 amide bonds. The van der Waals surface area contributed by atoms with Crippen LogP contribution in [0.5, 0.6) is 28.7 Å². The zero-order valence-corrected chi connectivity index (χ0v) is 21.6. The van der Waals surface area contributed by atoms with Crippen molar-refractivity contribution in [2.75, 3.05) is 40.9 Å². The average Bonchev–Trinajstić information content (AvgIpc) is 2.94. The second kappa shape index (κ2) is 12.8. The van der Waals surface area contributed by atoms with Crippen LogP contribution in [0.2, 0.25) is 0 Å². The molecule has 0 bridgehead atoms. The van der Waals surface area contributed by atoms with Gasteiger partial charge in [-0.2, -0.15) is 0 Å². The highest BCUT2D eigenvalue weighted by atomic mass is 16.6. The van der Waals surface area contributed by atoms with E-state index in [9.17, 15) is 14.9 Å². The number of nitrogens with zero attached hydrogens (tertiary/aromatic N) is 1. The number of nitrogens with one attached hydrogen (secondary N) is 1. The summed E-state index contributed by atoms with van der Waals surface area (Å²) in [6.07, 6.45) is 6.44. The fourth-order valence-electron chi connectivity index (χ4n) is 3.60. The summed E-state index contributed by atoms with van der Waals surface area (Å²) in [5.41, 5.74) is 2.28. The Labute approximate surface area is 220 Å². The van der Waals surface area contributed by atoms with Gasteiger partial charge in [0.1, 0.15) is 5.75 Å². The molecule has 3 aromatic rings. The van der Waals surface area contributed by atoms with E-state index in [1.54, 1.807) is 50.6 Å². The normalized spacial score (nSPS) is 10.9. The van der Waals surface area contributed by atoms with Crippen LogP contribution in [-0.4, -0.2) is 46.4 Å². The number of carbonyl (C=O) groups is 1. The molecule has 1 N–H and O–H groups in total. The molecule has 10 heteroatoms. The lowest BCUT2D eigenvalue weighted by molar-refractivity contribution is -0.385. The van der Waals surface area contributed by atoms with E-state index in [0.717, 1.165) is 5.56 Å². The first-order valence-electron chi connectivity index (χ1n) is 11.3. The van der Waals surface area contributed by atoms with Gasteiger partial charge in [-0.3, -0.25) is 14.9 Å². The zero-order chi connectivity index (χ0) is 27.7. The van der Waals surface area contributed by atoms with Crippen LogP contribution in [0.3, 0.4) is 0 Å². The Morgan fingerprint density at radius 1 is 0.763 bits per heavy atom. The Hall–Kier alpha value is -4.99. The van der Waals surface area contributed by atoms with Crippen molar-refractivity contribution in [3.05, 3.63) is 81.4 Å². The molecule has 0 saturated carbocycles. The molecule has 0 saturated heterocycles. The van der Waals surface area contributed by atoms with Crippen LogP contribution in [0.1, 0.15) is 16.7 Å². The van der Waals surface area contributed by atoms with E-state index < -0.39 is 10.8 Å². The van der Waals surface area contributed by atoms with Crippen LogP contribution >= 0.6 is 0 Å². The third-order valence-corrected chi connectivity index (χ3v) is 5.49. The highest BCUT2D eigenvalue weighted by Gasteiger charge is 2.15. The predicted molar refractivity (Wildman–Crippen MR) is 145 cm³/mol. The minimum atomic E-state index is -0.543. The fraction of sp³-hybridized carbons (Fsp3) is 0.179. The van der Waals surface area contributed by atoms with Gasteiger partial charge < -0.3 is 29.0 Å². The molecule has 0 heterocycles. The van der Waals surface area contributed by atoms with Crippen LogP contribution in [0.25, 0.3) is 18.2 Å². The number of anilines is 1. The number of carbonyl (C=O) groups excluding carboxylic acids is 1. The standard InChI is InChI=1S/C28H28N2O8/c1-34-21-11-10-20(9-6-19-15-25(36-3)28(38-5)26(16-19)37-4)22(17-21)29-27(31)13-8-18-7-12-24(35-2)23(14-18)30(32)33/h6-17H,1-5H3,(H,29,31)/b9-6+,13-8+. The van der Waals surface area contributed by atoms with Crippen LogP contribution in [0.4, 0.5) is 11.4 Å². The van der Waals surface area contributed by atoms with Crippen LogP contribution in [0, 0.1) is 10.1 Å². The maximum atomic E-state index is 12.7. The molecule has 0 aromatic heterocycles. The molecule has 198 valence electrons. The van der Waals surface area contributed by atoms with Crippen molar-refractivity contribution < 1.29 is 33.4 Å². The highest BCUT2D eigenvalue weighted by Crippen LogP contribution is 2.39. The monoisotopic (exact) mass is 520 g/mol. The summed E-state index contributed by atoms with van der Waals surface area (Å²) in [6, 6.07) is 13.3. The zero-order valence-electron chi connectivity index (χ0n) is 21.6. The number of hydrogen-bond acceptors (Lipinski definition) is 8. The van der Waals surface area contributed by atoms with E-state index in [1.807, 2.05) is 12.2 Å². The maximum Gasteiger partial charge on any atom is 0.311 e. The van der Waals surface area contributed by atoms with E-state index in [4.69, 9.17) is 23.7 Å². The predicted octanol–water partition coefficient (Wildman–Crippen LogP) is 5.46. The first kappa shape index (κ1) is 27.6. The lowest BCUT2D eigenvalue weighted by Gasteiger charge is -2.13. The van der Waals surface area contributed by atoms with Gasteiger partial charge in [0, 0.05) is 18.2 Å². The molecule has 3 rings (SSSR count). The van der Waals surface area contributed by atoms with E-state index in [2.05, 4.69) is 5.32 Å². The highest BCUT2D eigenvalue weighted by molar-refractivity contribution is 6.03. The number of methoxy groups -OCH3 is 5. The van der Waals surface area contributed by atoms with Gasteiger partial charge in [0.2, 0.25) is 11.7 Å². The van der Waals surface area contributed by atoms with Gasteiger partial charge in [0.25, 0.3) is 0 Å². The number of nitro benzene ring substituents is 1. The lowest BCUT2D eigenvalue weighted by Crippen LogP contribution is -2.09. The third kappa shape index (κ3) is 6.61. The second-order valence-electron chi connectivity index (χ2n) is 7.76. The van der Waals surface area contributed by atoms with E-state index in [0.29, 0.717) is 39.8 Å². The van der Waals surface area contributed by atoms with Crippen LogP contribution < -0.4 is 29.0 Å². The van der Waals surface area contributed by atoms with Gasteiger partial charge in [-0.05, 0) is 53.1 Å². The summed E-state index contributed by atoms with van der Waals surface area (Å²) >= 11 is 0. The van der Waals surface area contributed by atoms with Gasteiger partial charge in [-0.1, -0.05) is 18.2 Å². The molecule has 0 aliphatic carbocycles. The van der Waals surface area contributed by atoms with Crippen molar-refractivity contribution in [2.24, 2.45) is 0 Å². The van der Waals surface area contributed by atoms with E-state index in [-0.39, 0.29) is 11.4 Å². The molecular formula is C28H28N2O8.